The van der Waals surface area contributed by atoms with E-state index in [4.69, 9.17) is 16.2 Å². The van der Waals surface area contributed by atoms with Gasteiger partial charge in [-0.2, -0.15) is 4.98 Å². The lowest BCUT2D eigenvalue weighted by atomic mass is 10.1. The molecule has 0 aliphatic heterocycles. The SMILES string of the molecule is COc1cccc2c(N=C(N)C3CC3c3cn4ccnc4cc3C)nc(N)nc12. The van der Waals surface area contributed by atoms with Gasteiger partial charge in [0.25, 0.3) is 0 Å². The zero-order valence-electron chi connectivity index (χ0n) is 16.2. The van der Waals surface area contributed by atoms with Crippen LogP contribution in [-0.2, 0) is 0 Å². The van der Waals surface area contributed by atoms with Crippen LogP contribution in [-0.4, -0.2) is 32.3 Å². The molecule has 0 radical (unpaired) electrons. The fraction of sp³-hybridized carbons (Fsp3) is 0.238. The molecule has 2 unspecified atom stereocenters. The fourth-order valence-corrected chi connectivity index (χ4v) is 3.91. The van der Waals surface area contributed by atoms with Gasteiger partial charge < -0.3 is 20.6 Å². The van der Waals surface area contributed by atoms with Gasteiger partial charge in [-0.15, -0.1) is 0 Å². The maximum absolute atomic E-state index is 6.39. The Kier molecular flexibility index (Phi) is 3.87. The molecule has 146 valence electrons. The summed E-state index contributed by atoms with van der Waals surface area (Å²) in [6, 6.07) is 7.70. The summed E-state index contributed by atoms with van der Waals surface area (Å²) in [5.74, 6) is 2.30. The van der Waals surface area contributed by atoms with E-state index < -0.39 is 0 Å². The quantitative estimate of drug-likeness (QED) is 0.411. The smallest absolute Gasteiger partial charge is 0.222 e. The molecule has 0 saturated heterocycles. The highest BCUT2D eigenvalue weighted by Gasteiger charge is 2.42. The summed E-state index contributed by atoms with van der Waals surface area (Å²) in [5, 5.41) is 0.759. The largest absolute Gasteiger partial charge is 0.494 e. The number of aromatic nitrogens is 4. The molecule has 0 amide bonds. The normalized spacial score (nSPS) is 19.0. The average Bonchev–Trinajstić information content (AvgIpc) is 3.37. The van der Waals surface area contributed by atoms with Crippen LogP contribution in [0.2, 0.25) is 0 Å². The predicted molar refractivity (Wildman–Crippen MR) is 113 cm³/mol. The number of hydrogen-bond donors (Lipinski definition) is 2. The van der Waals surface area contributed by atoms with Crippen molar-refractivity contribution in [2.75, 3.05) is 12.8 Å². The maximum Gasteiger partial charge on any atom is 0.222 e. The number of nitrogens with zero attached hydrogens (tertiary/aromatic N) is 5. The number of hydrogen-bond acceptors (Lipinski definition) is 6. The van der Waals surface area contributed by atoms with E-state index in [0.717, 1.165) is 17.5 Å². The lowest BCUT2D eigenvalue weighted by molar-refractivity contribution is 0.419. The van der Waals surface area contributed by atoms with Crippen molar-refractivity contribution < 1.29 is 4.74 Å². The first-order valence-corrected chi connectivity index (χ1v) is 9.42. The molecule has 0 bridgehead atoms. The van der Waals surface area contributed by atoms with Crippen LogP contribution in [0.5, 0.6) is 5.75 Å². The summed E-state index contributed by atoms with van der Waals surface area (Å²) in [5.41, 5.74) is 16.3. The van der Waals surface area contributed by atoms with E-state index in [9.17, 15) is 0 Å². The number of para-hydroxylation sites is 1. The third-order valence-corrected chi connectivity index (χ3v) is 5.49. The van der Waals surface area contributed by atoms with Gasteiger partial charge in [-0.3, -0.25) is 0 Å². The van der Waals surface area contributed by atoms with Crippen LogP contribution in [0.1, 0.15) is 23.5 Å². The van der Waals surface area contributed by atoms with Crippen LogP contribution >= 0.6 is 0 Å². The van der Waals surface area contributed by atoms with Crippen molar-refractivity contribution in [1.29, 1.82) is 0 Å². The van der Waals surface area contributed by atoms with Crippen molar-refractivity contribution in [2.45, 2.75) is 19.3 Å². The first-order chi connectivity index (χ1) is 14.0. The number of nitrogen functional groups attached to an aromatic ring is 1. The number of anilines is 1. The molecule has 4 N–H and O–H groups in total. The second-order valence-corrected chi connectivity index (χ2v) is 7.35. The summed E-state index contributed by atoms with van der Waals surface area (Å²) in [6.45, 7) is 2.11. The Morgan fingerprint density at radius 3 is 3.00 bits per heavy atom. The highest BCUT2D eigenvalue weighted by atomic mass is 16.5. The predicted octanol–water partition coefficient (Wildman–Crippen LogP) is 2.97. The molecule has 3 heterocycles. The second-order valence-electron chi connectivity index (χ2n) is 7.35. The minimum atomic E-state index is 0.141. The number of aryl methyl sites for hydroxylation is 1. The monoisotopic (exact) mass is 387 g/mol. The number of rotatable bonds is 4. The second kappa shape index (κ2) is 6.44. The summed E-state index contributed by atoms with van der Waals surface area (Å²) >= 11 is 0. The number of amidine groups is 1. The number of ether oxygens (including phenoxy) is 1. The molecular formula is C21H21N7O. The number of aliphatic imine (C=N–C) groups is 1. The number of pyridine rings is 1. The van der Waals surface area contributed by atoms with Crippen LogP contribution in [0.25, 0.3) is 16.6 Å². The van der Waals surface area contributed by atoms with Gasteiger partial charge in [0.15, 0.2) is 5.82 Å². The Labute approximate surface area is 167 Å². The summed E-state index contributed by atoms with van der Waals surface area (Å²) in [6.07, 6.45) is 6.85. The molecule has 0 spiro atoms. The van der Waals surface area contributed by atoms with E-state index in [1.165, 1.54) is 11.1 Å². The number of fused-ring (bicyclic) bond motifs is 2. The van der Waals surface area contributed by atoms with Crippen molar-refractivity contribution in [3.63, 3.8) is 0 Å². The van der Waals surface area contributed by atoms with Gasteiger partial charge in [-0.05, 0) is 48.6 Å². The summed E-state index contributed by atoms with van der Waals surface area (Å²) in [7, 11) is 1.60. The molecule has 3 aromatic heterocycles. The zero-order chi connectivity index (χ0) is 20.1. The Morgan fingerprint density at radius 2 is 2.17 bits per heavy atom. The van der Waals surface area contributed by atoms with Gasteiger partial charge in [0.05, 0.1) is 7.11 Å². The third kappa shape index (κ3) is 2.93. The molecule has 8 heteroatoms. The molecule has 8 nitrogen and oxygen atoms in total. The summed E-state index contributed by atoms with van der Waals surface area (Å²) in [4.78, 5) is 17.6. The van der Waals surface area contributed by atoms with E-state index in [0.29, 0.717) is 28.8 Å². The van der Waals surface area contributed by atoms with Gasteiger partial charge in [0, 0.05) is 29.9 Å². The van der Waals surface area contributed by atoms with Crippen LogP contribution in [0.3, 0.4) is 0 Å². The highest BCUT2D eigenvalue weighted by molar-refractivity contribution is 5.97. The average molecular weight is 387 g/mol. The summed E-state index contributed by atoms with van der Waals surface area (Å²) < 4.78 is 7.42. The van der Waals surface area contributed by atoms with Crippen LogP contribution < -0.4 is 16.2 Å². The van der Waals surface area contributed by atoms with E-state index in [-0.39, 0.29) is 11.9 Å². The van der Waals surface area contributed by atoms with Crippen molar-refractivity contribution in [3.05, 3.63) is 54.0 Å². The molecule has 1 aliphatic rings. The third-order valence-electron chi connectivity index (χ3n) is 5.49. The van der Waals surface area contributed by atoms with Crippen molar-refractivity contribution in [1.82, 2.24) is 19.4 Å². The molecule has 29 heavy (non-hydrogen) atoms. The van der Waals surface area contributed by atoms with Gasteiger partial charge in [0.2, 0.25) is 5.95 Å². The van der Waals surface area contributed by atoms with E-state index in [1.54, 1.807) is 13.3 Å². The first kappa shape index (κ1) is 17.4. The Hall–Kier alpha value is -3.68. The van der Waals surface area contributed by atoms with E-state index >= 15 is 0 Å². The number of nitrogens with two attached hydrogens (primary N) is 2. The zero-order valence-corrected chi connectivity index (χ0v) is 16.2. The van der Waals surface area contributed by atoms with E-state index in [1.807, 2.05) is 28.8 Å². The van der Waals surface area contributed by atoms with Crippen molar-refractivity contribution in [2.24, 2.45) is 16.6 Å². The molecule has 1 saturated carbocycles. The molecule has 1 aliphatic carbocycles. The molecule has 4 aromatic rings. The van der Waals surface area contributed by atoms with Crippen LogP contribution in [0, 0.1) is 12.8 Å². The van der Waals surface area contributed by atoms with Crippen molar-refractivity contribution in [3.8, 4) is 5.75 Å². The van der Waals surface area contributed by atoms with Crippen LogP contribution in [0.4, 0.5) is 11.8 Å². The highest BCUT2D eigenvalue weighted by Crippen LogP contribution is 2.49. The van der Waals surface area contributed by atoms with Gasteiger partial charge >= 0.3 is 0 Å². The Balaban J connectivity index is 1.50. The molecule has 1 aromatic carbocycles. The number of benzene rings is 1. The molecule has 1 fully saturated rings. The standard InChI is InChI=1S/C21H21N7O/c1-11-8-17-24-6-7-28(17)10-15(11)13-9-14(13)19(22)26-20-12-4-3-5-16(29-2)18(12)25-21(23)27-20/h3-8,10,13-14H,9H2,1-2H3,(H4,22,23,25,26,27). The minimum absolute atomic E-state index is 0.141. The molecule has 2 atom stereocenters. The fourth-order valence-electron chi connectivity index (χ4n) is 3.91. The topological polar surface area (TPSA) is 117 Å². The lowest BCUT2D eigenvalue weighted by Gasteiger charge is -2.09. The van der Waals surface area contributed by atoms with Gasteiger partial charge in [-0.25, -0.2) is 15.0 Å². The lowest BCUT2D eigenvalue weighted by Crippen LogP contribution is -2.15. The van der Waals surface area contributed by atoms with Gasteiger partial charge in [0.1, 0.15) is 22.7 Å². The Morgan fingerprint density at radius 1 is 1.31 bits per heavy atom. The maximum atomic E-state index is 6.39. The van der Waals surface area contributed by atoms with Crippen molar-refractivity contribution >= 4 is 34.2 Å². The Bertz CT molecular complexity index is 1280. The number of imidazole rings is 1. The van der Waals surface area contributed by atoms with Gasteiger partial charge in [-0.1, -0.05) is 6.07 Å². The molecule has 5 rings (SSSR count). The van der Waals surface area contributed by atoms with Crippen LogP contribution in [0.15, 0.2) is 47.8 Å². The first-order valence-electron chi connectivity index (χ1n) is 9.42. The minimum Gasteiger partial charge on any atom is -0.494 e. The number of methoxy groups -OCH3 is 1. The van der Waals surface area contributed by atoms with E-state index in [2.05, 4.69) is 39.1 Å². The molecular weight excluding hydrogens is 366 g/mol.